The van der Waals surface area contributed by atoms with Crippen LogP contribution >= 0.6 is 12.2 Å². The standard InChI is InChI=1S/C20H25N3O4S2/c1-4-16(15-8-6-5-7-9-15)22-19(24)13-14-10-11-17(27-3)18(12-14)29(25,26)23-20(28)21-2/h5-12,16H,4,13H2,1-3H3,(H,22,24)(H2,21,23,28). The first-order chi connectivity index (χ1) is 13.8. The minimum atomic E-state index is -3.95. The molecule has 1 atom stereocenters. The molecule has 0 spiro atoms. The number of carbonyl (C=O) groups excluding carboxylic acids is 1. The quantitative estimate of drug-likeness (QED) is 0.551. The summed E-state index contributed by atoms with van der Waals surface area (Å²) in [6.45, 7) is 1.99. The smallest absolute Gasteiger partial charge is 0.267 e. The van der Waals surface area contributed by atoms with Crippen molar-refractivity contribution in [1.82, 2.24) is 15.4 Å². The largest absolute Gasteiger partial charge is 0.495 e. The van der Waals surface area contributed by atoms with Crippen LogP contribution in [0.15, 0.2) is 53.4 Å². The molecule has 0 fully saturated rings. The molecule has 0 saturated heterocycles. The maximum absolute atomic E-state index is 12.6. The number of sulfonamides is 1. The van der Waals surface area contributed by atoms with Crippen LogP contribution in [0, 0.1) is 0 Å². The van der Waals surface area contributed by atoms with Gasteiger partial charge in [0.2, 0.25) is 5.91 Å². The number of hydrogen-bond acceptors (Lipinski definition) is 5. The number of nitrogens with one attached hydrogen (secondary N) is 3. The van der Waals surface area contributed by atoms with Crippen molar-refractivity contribution in [2.24, 2.45) is 0 Å². The summed E-state index contributed by atoms with van der Waals surface area (Å²) in [7, 11) is -1.06. The highest BCUT2D eigenvalue weighted by atomic mass is 32.2. The number of methoxy groups -OCH3 is 1. The van der Waals surface area contributed by atoms with E-state index in [1.54, 1.807) is 6.07 Å². The van der Waals surface area contributed by atoms with Gasteiger partial charge in [0, 0.05) is 7.05 Å². The summed E-state index contributed by atoms with van der Waals surface area (Å²) in [6, 6.07) is 14.2. The summed E-state index contributed by atoms with van der Waals surface area (Å²) in [5.74, 6) is -0.0378. The van der Waals surface area contributed by atoms with Gasteiger partial charge in [-0.3, -0.25) is 9.52 Å². The Kier molecular flexibility index (Phi) is 7.98. The molecule has 0 heterocycles. The normalized spacial score (nSPS) is 12.0. The summed E-state index contributed by atoms with van der Waals surface area (Å²) in [5.41, 5.74) is 1.56. The molecule has 2 aromatic carbocycles. The van der Waals surface area contributed by atoms with Crippen LogP contribution in [0.4, 0.5) is 0 Å². The van der Waals surface area contributed by atoms with Crippen LogP contribution in [-0.4, -0.2) is 33.6 Å². The first-order valence-electron chi connectivity index (χ1n) is 9.06. The van der Waals surface area contributed by atoms with Crippen molar-refractivity contribution in [3.05, 3.63) is 59.7 Å². The van der Waals surface area contributed by atoms with Gasteiger partial charge >= 0.3 is 0 Å². The van der Waals surface area contributed by atoms with Crippen molar-refractivity contribution in [3.63, 3.8) is 0 Å². The van der Waals surface area contributed by atoms with Crippen molar-refractivity contribution >= 4 is 33.3 Å². The zero-order valence-electron chi connectivity index (χ0n) is 16.6. The van der Waals surface area contributed by atoms with Gasteiger partial charge in [-0.15, -0.1) is 0 Å². The number of amides is 1. The maximum atomic E-state index is 12.6. The number of thiocarbonyl (C=S) groups is 1. The van der Waals surface area contributed by atoms with Crippen molar-refractivity contribution in [1.29, 1.82) is 0 Å². The molecule has 0 aliphatic heterocycles. The predicted octanol–water partition coefficient (Wildman–Crippen LogP) is 2.29. The van der Waals surface area contributed by atoms with Crippen LogP contribution in [0.3, 0.4) is 0 Å². The van der Waals surface area contributed by atoms with Gasteiger partial charge in [-0.05, 0) is 41.9 Å². The zero-order chi connectivity index (χ0) is 21.4. The minimum absolute atomic E-state index is 0.0340. The lowest BCUT2D eigenvalue weighted by Gasteiger charge is -2.18. The van der Waals surface area contributed by atoms with Gasteiger partial charge < -0.3 is 15.4 Å². The van der Waals surface area contributed by atoms with Crippen LogP contribution in [0.25, 0.3) is 0 Å². The Morgan fingerprint density at radius 1 is 1.17 bits per heavy atom. The molecule has 2 aromatic rings. The molecule has 0 aromatic heterocycles. The molecule has 156 valence electrons. The lowest BCUT2D eigenvalue weighted by molar-refractivity contribution is -0.121. The van der Waals surface area contributed by atoms with E-state index >= 15 is 0 Å². The van der Waals surface area contributed by atoms with Gasteiger partial charge in [0.05, 0.1) is 19.6 Å². The highest BCUT2D eigenvalue weighted by Gasteiger charge is 2.22. The number of rotatable bonds is 8. The first kappa shape index (κ1) is 22.6. The monoisotopic (exact) mass is 435 g/mol. The van der Waals surface area contributed by atoms with Crippen molar-refractivity contribution < 1.29 is 17.9 Å². The fraction of sp³-hybridized carbons (Fsp3) is 0.300. The van der Waals surface area contributed by atoms with Crippen molar-refractivity contribution in [2.75, 3.05) is 14.2 Å². The molecule has 0 aliphatic rings. The predicted molar refractivity (Wildman–Crippen MR) is 116 cm³/mol. The van der Waals surface area contributed by atoms with E-state index in [0.717, 1.165) is 12.0 Å². The van der Waals surface area contributed by atoms with E-state index in [-0.39, 0.29) is 34.1 Å². The SMILES string of the molecule is CCC(NC(=O)Cc1ccc(OC)c(S(=O)(=O)NC(=S)NC)c1)c1ccccc1. The van der Waals surface area contributed by atoms with Gasteiger partial charge in [0.15, 0.2) is 5.11 Å². The van der Waals surface area contributed by atoms with Crippen molar-refractivity contribution in [2.45, 2.75) is 30.7 Å². The van der Waals surface area contributed by atoms with E-state index in [2.05, 4.69) is 15.4 Å². The third-order valence-electron chi connectivity index (χ3n) is 4.28. The number of benzene rings is 2. The van der Waals surface area contributed by atoms with E-state index in [9.17, 15) is 13.2 Å². The average molecular weight is 436 g/mol. The third-order valence-corrected chi connectivity index (χ3v) is 6.09. The number of carbonyl (C=O) groups is 1. The van der Waals surface area contributed by atoms with Gasteiger partial charge in [-0.1, -0.05) is 43.3 Å². The van der Waals surface area contributed by atoms with E-state index < -0.39 is 10.0 Å². The summed E-state index contributed by atoms with van der Waals surface area (Å²) in [6.07, 6.45) is 0.774. The van der Waals surface area contributed by atoms with E-state index in [0.29, 0.717) is 5.56 Å². The number of hydrogen-bond donors (Lipinski definition) is 3. The molecule has 29 heavy (non-hydrogen) atoms. The molecular formula is C20H25N3O4S2. The van der Waals surface area contributed by atoms with Crippen LogP contribution in [0.5, 0.6) is 5.75 Å². The summed E-state index contributed by atoms with van der Waals surface area (Å²) >= 11 is 4.89. The van der Waals surface area contributed by atoms with Crippen molar-refractivity contribution in [3.8, 4) is 5.75 Å². The molecule has 3 N–H and O–H groups in total. The molecule has 1 amide bonds. The molecular weight excluding hydrogens is 410 g/mol. The molecule has 2 rings (SSSR count). The van der Waals surface area contributed by atoms with Gasteiger partial charge in [-0.2, -0.15) is 0 Å². The summed E-state index contributed by atoms with van der Waals surface area (Å²) in [4.78, 5) is 12.5. The number of ether oxygens (including phenoxy) is 1. The molecule has 0 bridgehead atoms. The topological polar surface area (TPSA) is 96.5 Å². The Morgan fingerprint density at radius 2 is 1.86 bits per heavy atom. The molecule has 9 heteroatoms. The Labute approximate surface area is 176 Å². The second-order valence-corrected chi connectivity index (χ2v) is 8.34. The van der Waals surface area contributed by atoms with Crippen LogP contribution in [0.2, 0.25) is 0 Å². The fourth-order valence-electron chi connectivity index (χ4n) is 2.81. The maximum Gasteiger partial charge on any atom is 0.267 e. The Bertz CT molecular complexity index is 963. The van der Waals surface area contributed by atoms with Crippen LogP contribution in [-0.2, 0) is 21.2 Å². The second kappa shape index (κ2) is 10.2. The van der Waals surface area contributed by atoms with Crippen LogP contribution in [0.1, 0.15) is 30.5 Å². The van der Waals surface area contributed by atoms with E-state index in [4.69, 9.17) is 17.0 Å². The Morgan fingerprint density at radius 3 is 2.45 bits per heavy atom. The lowest BCUT2D eigenvalue weighted by atomic mass is 10.0. The third kappa shape index (κ3) is 6.16. The highest BCUT2D eigenvalue weighted by Crippen LogP contribution is 2.25. The Balaban J connectivity index is 2.20. The van der Waals surface area contributed by atoms with Gasteiger partial charge in [0.1, 0.15) is 10.6 Å². The van der Waals surface area contributed by atoms with Gasteiger partial charge in [0.25, 0.3) is 10.0 Å². The van der Waals surface area contributed by atoms with Crippen LogP contribution < -0.4 is 20.1 Å². The first-order valence-corrected chi connectivity index (χ1v) is 11.0. The summed E-state index contributed by atoms with van der Waals surface area (Å²) < 4.78 is 32.6. The van der Waals surface area contributed by atoms with Gasteiger partial charge in [-0.25, -0.2) is 8.42 Å². The summed E-state index contributed by atoms with van der Waals surface area (Å²) in [5, 5.41) is 5.51. The molecule has 7 nitrogen and oxygen atoms in total. The molecule has 1 unspecified atom stereocenters. The Hall–Kier alpha value is -2.65. The van der Waals surface area contributed by atoms with E-state index in [1.165, 1.54) is 26.3 Å². The average Bonchev–Trinajstić information content (AvgIpc) is 2.72. The molecule has 0 aliphatic carbocycles. The highest BCUT2D eigenvalue weighted by molar-refractivity contribution is 7.92. The minimum Gasteiger partial charge on any atom is -0.495 e. The lowest BCUT2D eigenvalue weighted by Crippen LogP contribution is -2.37. The fourth-order valence-corrected chi connectivity index (χ4v) is 4.31. The molecule has 0 saturated carbocycles. The zero-order valence-corrected chi connectivity index (χ0v) is 18.2. The second-order valence-electron chi connectivity index (χ2n) is 6.29. The van der Waals surface area contributed by atoms with E-state index in [1.807, 2.05) is 37.3 Å². The molecule has 0 radical (unpaired) electrons.